The number of amides is 4. The first-order valence-electron chi connectivity index (χ1n) is 21.6. The van der Waals surface area contributed by atoms with Crippen molar-refractivity contribution < 1.29 is 40.8 Å². The van der Waals surface area contributed by atoms with Crippen LogP contribution in [0.3, 0.4) is 0 Å². The molecule has 8 aromatic rings. The van der Waals surface area contributed by atoms with Crippen molar-refractivity contribution in [2.24, 2.45) is 0 Å². The number of carbonyl (C=O) groups excluding carboxylic acids is 4. The number of ether oxygens (including phenoxy) is 1. The smallest absolute Gasteiger partial charge is 0.258 e. The molecule has 0 saturated carbocycles. The molecule has 4 aliphatic heterocycles. The van der Waals surface area contributed by atoms with Crippen LogP contribution < -0.4 is 23.6 Å². The zero-order valence-corrected chi connectivity index (χ0v) is 43.5. The summed E-state index contributed by atoms with van der Waals surface area (Å²) in [6.45, 7) is 3.66. The predicted molar refractivity (Wildman–Crippen MR) is 278 cm³/mol. The molecule has 0 spiro atoms. The lowest BCUT2D eigenvalue weighted by Crippen LogP contribution is -2.17. The van der Waals surface area contributed by atoms with E-state index in [1.165, 1.54) is 50.1 Å². The number of methoxy groups -OCH3 is 1. The molecule has 77 heavy (non-hydrogen) atoms. The molecule has 12 rings (SSSR count). The highest BCUT2D eigenvalue weighted by Gasteiger charge is 2.26. The summed E-state index contributed by atoms with van der Waals surface area (Å²) in [5.74, 6) is -0.0176. The van der Waals surface area contributed by atoms with Crippen LogP contribution in [0.15, 0.2) is 129 Å². The minimum absolute atomic E-state index is 0.270. The van der Waals surface area contributed by atoms with Crippen molar-refractivity contribution in [2.45, 2.75) is 13.8 Å². The van der Waals surface area contributed by atoms with Gasteiger partial charge in [0.2, 0.25) is 5.88 Å². The fourth-order valence-electron chi connectivity index (χ4n) is 6.73. The highest BCUT2D eigenvalue weighted by Crippen LogP contribution is 2.30. The number of nitrogens with one attached hydrogen (secondary N) is 4. The Labute approximate surface area is 448 Å². The molecule has 0 bridgehead atoms. The van der Waals surface area contributed by atoms with E-state index in [1.54, 1.807) is 112 Å². The number of carbonyl (C=O) groups is 4. The van der Waals surface area contributed by atoms with Gasteiger partial charge in [-0.3, -0.25) is 38.1 Å². The van der Waals surface area contributed by atoms with E-state index in [4.69, 9.17) is 16.3 Å². The highest BCUT2D eigenvalue weighted by molar-refractivity contribution is 7.94. The van der Waals surface area contributed by atoms with E-state index in [-0.39, 0.29) is 16.8 Å². The van der Waals surface area contributed by atoms with Crippen molar-refractivity contribution in [3.63, 3.8) is 0 Å². The number of aryl methyl sites for hydroxylation is 2. The standard InChI is InChI=1S/C12H9ClN4O3S.2C11H9N5O2S.C10H7N5O2S/c1-20-12-8(2-3-9(13)15-12)7-5-14-17(6-7)11-4-10(18)16-21(11)19;1-7-12-3-2-9(14-7)8-5-13-16(6-8)11-4-10(17)15-19(11)18;1-7-2-3-12-11(14-7)8-5-13-16(6-8)10-4-9(17)15-19(10)18;16-9-3-10(18(17)14-9)15-6-8(5-13-15)7-1-2-11-12-4-7/h2-6H,1H3,(H,16,18);2*2-6H,1H3,(H,15,17);1-6H,(H,14,16). The number of aromatic nitrogens is 15. The first-order valence-corrected chi connectivity index (χ1v) is 26.6. The molecular weight excluding hydrogens is 1100 g/mol. The van der Waals surface area contributed by atoms with Crippen molar-refractivity contribution in [1.82, 2.24) is 93.1 Å². The number of halogens is 1. The molecule has 0 radical (unpaired) electrons. The Morgan fingerprint density at radius 3 is 1.45 bits per heavy atom. The SMILES string of the molecule is COc1nc(Cl)ccc1-c1cnn(C2=CC(=O)NS2=O)c1.Cc1ccnc(-c2cnn(C3=CC(=O)NS3=O)c2)n1.Cc1nccc(-c2cnn(C3=CC(=O)NS3=O)c2)n1.O=C1C=C(n2cc(-c3ccnnc3)cn2)S(=O)N1. The molecule has 4 aliphatic rings. The summed E-state index contributed by atoms with van der Waals surface area (Å²) in [5.41, 5.74) is 6.08. The maximum Gasteiger partial charge on any atom is 0.258 e. The Balaban J connectivity index is 0.000000125. The fraction of sp³-hybridized carbons (Fsp3) is 0.0682. The van der Waals surface area contributed by atoms with E-state index < -0.39 is 55.8 Å². The summed E-state index contributed by atoms with van der Waals surface area (Å²) in [7, 11) is -4.79. The quantitative estimate of drug-likeness (QED) is 0.149. The molecule has 4 N–H and O–H groups in total. The predicted octanol–water partition coefficient (Wildman–Crippen LogP) is 1.61. The first-order chi connectivity index (χ1) is 37.1. The lowest BCUT2D eigenvalue weighted by Gasteiger charge is -2.05. The molecule has 33 heteroatoms. The van der Waals surface area contributed by atoms with Crippen molar-refractivity contribution in [3.05, 3.63) is 146 Å². The van der Waals surface area contributed by atoms with E-state index >= 15 is 0 Å². The van der Waals surface area contributed by atoms with E-state index in [0.717, 1.165) is 28.1 Å². The van der Waals surface area contributed by atoms with Gasteiger partial charge in [-0.2, -0.15) is 30.6 Å². The van der Waals surface area contributed by atoms with Crippen molar-refractivity contribution in [3.8, 4) is 50.8 Å². The topological polar surface area (TPSA) is 355 Å². The molecule has 4 atom stereocenters. The molecule has 8 aromatic heterocycles. The van der Waals surface area contributed by atoms with Crippen LogP contribution in [0.4, 0.5) is 0 Å². The Morgan fingerprint density at radius 2 is 0.974 bits per heavy atom. The lowest BCUT2D eigenvalue weighted by atomic mass is 10.1. The minimum atomic E-state index is -1.60. The second kappa shape index (κ2) is 23.1. The average Bonchev–Trinajstić information content (AvgIpc) is 4.30. The van der Waals surface area contributed by atoms with Gasteiger partial charge in [-0.15, -0.1) is 0 Å². The van der Waals surface area contributed by atoms with E-state index in [2.05, 4.69) is 74.4 Å². The second-order valence-electron chi connectivity index (χ2n) is 15.4. The van der Waals surface area contributed by atoms with Crippen LogP contribution >= 0.6 is 11.6 Å². The number of rotatable bonds is 9. The van der Waals surface area contributed by atoms with Crippen LogP contribution in [0.25, 0.3) is 65.0 Å². The minimum Gasteiger partial charge on any atom is -0.481 e. The lowest BCUT2D eigenvalue weighted by molar-refractivity contribution is -0.115. The normalized spacial score (nSPS) is 18.1. The summed E-state index contributed by atoms with van der Waals surface area (Å²) in [6.07, 6.45) is 24.5. The molecule has 12 heterocycles. The maximum atomic E-state index is 11.7. The summed E-state index contributed by atoms with van der Waals surface area (Å²) in [4.78, 5) is 65.3. The van der Waals surface area contributed by atoms with Crippen LogP contribution in [0.5, 0.6) is 5.88 Å². The van der Waals surface area contributed by atoms with Gasteiger partial charge in [0.25, 0.3) is 23.6 Å². The van der Waals surface area contributed by atoms with Crippen LogP contribution in [0.1, 0.15) is 11.5 Å². The van der Waals surface area contributed by atoms with Gasteiger partial charge in [0, 0.05) is 95.0 Å². The molecule has 390 valence electrons. The van der Waals surface area contributed by atoms with E-state index in [0.29, 0.717) is 54.5 Å². The van der Waals surface area contributed by atoms with Gasteiger partial charge in [-0.25, -0.2) is 60.5 Å². The fourth-order valence-corrected chi connectivity index (χ4v) is 10.2. The Kier molecular flexibility index (Phi) is 15.8. The van der Waals surface area contributed by atoms with Crippen LogP contribution in [0, 0.1) is 13.8 Å². The molecule has 0 fully saturated rings. The van der Waals surface area contributed by atoms with Crippen LogP contribution in [-0.2, 0) is 63.1 Å². The van der Waals surface area contributed by atoms with Gasteiger partial charge in [0.1, 0.15) is 11.0 Å². The first kappa shape index (κ1) is 52.6. The Bertz CT molecular complexity index is 3770. The van der Waals surface area contributed by atoms with E-state index in [9.17, 15) is 36.0 Å². The molecular formula is C44H34ClN19O9S4. The van der Waals surface area contributed by atoms with Gasteiger partial charge in [0.05, 0.1) is 55.5 Å². The molecule has 0 saturated heterocycles. The van der Waals surface area contributed by atoms with Crippen molar-refractivity contribution in [1.29, 1.82) is 0 Å². The van der Waals surface area contributed by atoms with Crippen LogP contribution in [0.2, 0.25) is 5.15 Å². The van der Waals surface area contributed by atoms with Crippen molar-refractivity contribution in [2.75, 3.05) is 7.11 Å². The van der Waals surface area contributed by atoms with Crippen LogP contribution in [-0.4, -0.2) is 122 Å². The largest absolute Gasteiger partial charge is 0.481 e. The summed E-state index contributed by atoms with van der Waals surface area (Å²) >= 11 is 5.82. The van der Waals surface area contributed by atoms with Gasteiger partial charge in [-0.1, -0.05) is 11.6 Å². The number of nitrogens with zero attached hydrogens (tertiary/aromatic N) is 15. The van der Waals surface area contributed by atoms with Gasteiger partial charge in [-0.05, 0) is 44.2 Å². The van der Waals surface area contributed by atoms with Gasteiger partial charge in [0.15, 0.2) is 69.9 Å². The van der Waals surface area contributed by atoms with Gasteiger partial charge < -0.3 is 4.74 Å². The molecule has 4 amide bonds. The Hall–Kier alpha value is -9.24. The van der Waals surface area contributed by atoms with Gasteiger partial charge >= 0.3 is 0 Å². The zero-order chi connectivity index (χ0) is 54.3. The third-order valence-corrected chi connectivity index (χ3v) is 14.7. The third-order valence-electron chi connectivity index (χ3n) is 10.2. The molecule has 4 unspecified atom stereocenters. The second-order valence-corrected chi connectivity index (χ2v) is 20.4. The number of hydrogen-bond acceptors (Lipinski definition) is 20. The number of pyridine rings is 1. The third kappa shape index (κ3) is 12.5. The maximum absolute atomic E-state index is 11.7. The van der Waals surface area contributed by atoms with Crippen molar-refractivity contribution >= 4 is 99.3 Å². The highest BCUT2D eigenvalue weighted by atomic mass is 35.5. The average molecular weight is 1140 g/mol. The molecule has 0 aromatic carbocycles. The zero-order valence-electron chi connectivity index (χ0n) is 39.5. The van der Waals surface area contributed by atoms with E-state index in [1.807, 2.05) is 6.92 Å². The monoisotopic (exact) mass is 1140 g/mol. The molecule has 0 aliphatic carbocycles. The number of hydrogen-bond donors (Lipinski definition) is 4. The Morgan fingerprint density at radius 1 is 0.494 bits per heavy atom. The molecule has 28 nitrogen and oxygen atoms in total. The summed E-state index contributed by atoms with van der Waals surface area (Å²) in [6, 6.07) is 8.73. The summed E-state index contributed by atoms with van der Waals surface area (Å²) < 4.78 is 66.3. The summed E-state index contributed by atoms with van der Waals surface area (Å²) in [5, 5.41) is 25.3.